The van der Waals surface area contributed by atoms with Gasteiger partial charge in [0, 0.05) is 13.1 Å². The average molecular weight is 313 g/mol. The van der Waals surface area contributed by atoms with Crippen LogP contribution in [0.25, 0.3) is 0 Å². The monoisotopic (exact) mass is 312 g/mol. The van der Waals surface area contributed by atoms with Crippen molar-refractivity contribution in [2.75, 3.05) is 30.8 Å². The van der Waals surface area contributed by atoms with Gasteiger partial charge in [-0.3, -0.25) is 0 Å². The second kappa shape index (κ2) is 6.93. The van der Waals surface area contributed by atoms with Crippen LogP contribution in [-0.4, -0.2) is 44.2 Å². The molecule has 1 aliphatic rings. The van der Waals surface area contributed by atoms with Gasteiger partial charge in [-0.15, -0.1) is 0 Å². The minimum atomic E-state index is -3.11. The van der Waals surface area contributed by atoms with E-state index in [0.717, 1.165) is 19.6 Å². The van der Waals surface area contributed by atoms with E-state index in [2.05, 4.69) is 32.5 Å². The zero-order valence-corrected chi connectivity index (χ0v) is 12.2. The van der Waals surface area contributed by atoms with Crippen LogP contribution in [0.2, 0.25) is 0 Å². The van der Waals surface area contributed by atoms with Crippen molar-refractivity contribution >= 4 is 26.0 Å². The van der Waals surface area contributed by atoms with Gasteiger partial charge in [0.25, 0.3) is 0 Å². The smallest absolute Gasteiger partial charge is 0.221 e. The molecule has 0 aliphatic carbocycles. The van der Waals surface area contributed by atoms with Gasteiger partial charge in [-0.05, 0) is 31.8 Å². The van der Waals surface area contributed by atoms with Crippen LogP contribution >= 0.6 is 15.9 Å². The van der Waals surface area contributed by atoms with Crippen LogP contribution in [0.3, 0.4) is 0 Å². The lowest BCUT2D eigenvalue weighted by Gasteiger charge is -2.29. The molecular formula is C10H21BrN2O2S. The van der Waals surface area contributed by atoms with Crippen molar-refractivity contribution < 1.29 is 8.42 Å². The molecule has 1 fully saturated rings. The van der Waals surface area contributed by atoms with Gasteiger partial charge in [-0.2, -0.15) is 0 Å². The van der Waals surface area contributed by atoms with Gasteiger partial charge < -0.3 is 4.90 Å². The highest BCUT2D eigenvalue weighted by atomic mass is 79.9. The predicted molar refractivity (Wildman–Crippen MR) is 70.2 cm³/mol. The van der Waals surface area contributed by atoms with E-state index in [9.17, 15) is 8.42 Å². The highest BCUT2D eigenvalue weighted by molar-refractivity contribution is 9.10. The Morgan fingerprint density at radius 1 is 1.31 bits per heavy atom. The number of sulfonamides is 1. The van der Waals surface area contributed by atoms with Gasteiger partial charge in [-0.1, -0.05) is 29.3 Å². The quantitative estimate of drug-likeness (QED) is 0.754. The zero-order chi connectivity index (χ0) is 12.0. The van der Waals surface area contributed by atoms with Crippen LogP contribution in [0.1, 0.15) is 26.2 Å². The molecule has 0 aromatic heterocycles. The number of alkyl halides is 1. The Kier molecular flexibility index (Phi) is 6.25. The second-order valence-electron chi connectivity index (χ2n) is 4.54. The molecule has 0 bridgehead atoms. The van der Waals surface area contributed by atoms with Crippen LogP contribution in [0, 0.1) is 5.92 Å². The van der Waals surface area contributed by atoms with Crippen molar-refractivity contribution in [2.45, 2.75) is 26.2 Å². The first-order valence-corrected chi connectivity index (χ1v) is 8.56. The van der Waals surface area contributed by atoms with E-state index in [0.29, 0.717) is 12.5 Å². The van der Waals surface area contributed by atoms with Crippen LogP contribution in [0.15, 0.2) is 0 Å². The molecule has 0 amide bonds. The topological polar surface area (TPSA) is 49.4 Å². The first kappa shape index (κ1) is 14.4. The van der Waals surface area contributed by atoms with Crippen molar-refractivity contribution in [2.24, 2.45) is 5.92 Å². The summed E-state index contributed by atoms with van der Waals surface area (Å²) in [6.45, 7) is 5.94. The average Bonchev–Trinajstić information content (AvgIpc) is 2.28. The van der Waals surface area contributed by atoms with E-state index in [1.165, 1.54) is 19.3 Å². The summed E-state index contributed by atoms with van der Waals surface area (Å²) in [5.41, 5.74) is 0. The molecule has 0 aromatic rings. The van der Waals surface area contributed by atoms with Crippen LogP contribution < -0.4 is 4.72 Å². The maximum Gasteiger partial charge on any atom is 0.221 e. The summed E-state index contributed by atoms with van der Waals surface area (Å²) in [5, 5.41) is 0. The van der Waals surface area contributed by atoms with E-state index < -0.39 is 10.0 Å². The number of likely N-dealkylation sites (tertiary alicyclic amines) is 1. The van der Waals surface area contributed by atoms with Crippen molar-refractivity contribution in [1.82, 2.24) is 9.62 Å². The SMILES string of the molecule is CC(CNS(=O)(=O)CBr)CN1CCCCC1. The Morgan fingerprint density at radius 3 is 2.50 bits per heavy atom. The van der Waals surface area contributed by atoms with Crippen LogP contribution in [0.5, 0.6) is 0 Å². The van der Waals surface area contributed by atoms with Crippen molar-refractivity contribution in [1.29, 1.82) is 0 Å². The number of nitrogens with zero attached hydrogens (tertiary/aromatic N) is 1. The molecule has 1 N–H and O–H groups in total. The Balaban J connectivity index is 2.22. The molecule has 0 aromatic carbocycles. The lowest BCUT2D eigenvalue weighted by molar-refractivity contribution is 0.201. The summed E-state index contributed by atoms with van der Waals surface area (Å²) in [5.74, 6) is 0.368. The zero-order valence-electron chi connectivity index (χ0n) is 9.78. The maximum absolute atomic E-state index is 11.2. The van der Waals surface area contributed by atoms with E-state index in [-0.39, 0.29) is 4.66 Å². The number of halogens is 1. The molecule has 1 heterocycles. The Morgan fingerprint density at radius 2 is 1.94 bits per heavy atom. The summed E-state index contributed by atoms with van der Waals surface area (Å²) in [6.07, 6.45) is 3.89. The summed E-state index contributed by atoms with van der Waals surface area (Å²) in [4.78, 5) is 2.43. The summed E-state index contributed by atoms with van der Waals surface area (Å²) in [6, 6.07) is 0. The third-order valence-corrected chi connectivity index (χ3v) is 5.52. The highest BCUT2D eigenvalue weighted by Crippen LogP contribution is 2.10. The fraction of sp³-hybridized carbons (Fsp3) is 1.00. The number of hydrogen-bond acceptors (Lipinski definition) is 3. The van der Waals surface area contributed by atoms with E-state index in [1.54, 1.807) is 0 Å². The molecule has 1 saturated heterocycles. The summed E-state index contributed by atoms with van der Waals surface area (Å²) in [7, 11) is -3.11. The first-order valence-electron chi connectivity index (χ1n) is 5.79. The van der Waals surface area contributed by atoms with E-state index >= 15 is 0 Å². The van der Waals surface area contributed by atoms with Gasteiger partial charge in [0.2, 0.25) is 10.0 Å². The highest BCUT2D eigenvalue weighted by Gasteiger charge is 2.15. The lowest BCUT2D eigenvalue weighted by atomic mass is 10.1. The minimum Gasteiger partial charge on any atom is -0.303 e. The van der Waals surface area contributed by atoms with Gasteiger partial charge in [0.15, 0.2) is 0 Å². The van der Waals surface area contributed by atoms with Crippen molar-refractivity contribution in [3.63, 3.8) is 0 Å². The summed E-state index contributed by atoms with van der Waals surface area (Å²) < 4.78 is 25.0. The predicted octanol–water partition coefficient (Wildman–Crippen LogP) is 1.38. The number of nitrogens with one attached hydrogen (secondary N) is 1. The summed E-state index contributed by atoms with van der Waals surface area (Å²) >= 11 is 2.96. The van der Waals surface area contributed by atoms with E-state index in [4.69, 9.17) is 0 Å². The van der Waals surface area contributed by atoms with Crippen molar-refractivity contribution in [3.8, 4) is 0 Å². The molecule has 1 aliphatic heterocycles. The van der Waals surface area contributed by atoms with Crippen LogP contribution in [0.4, 0.5) is 0 Å². The third-order valence-electron chi connectivity index (χ3n) is 2.81. The number of rotatable bonds is 6. The molecule has 16 heavy (non-hydrogen) atoms. The molecule has 6 heteroatoms. The Hall–Kier alpha value is 0.350. The third kappa shape index (κ3) is 5.61. The molecule has 4 nitrogen and oxygen atoms in total. The molecule has 1 unspecified atom stereocenters. The Bertz CT molecular complexity index is 289. The fourth-order valence-electron chi connectivity index (χ4n) is 1.96. The first-order chi connectivity index (χ1) is 7.53. The molecular weight excluding hydrogens is 292 g/mol. The normalized spacial score (nSPS) is 20.9. The van der Waals surface area contributed by atoms with Crippen LogP contribution in [-0.2, 0) is 10.0 Å². The number of hydrogen-bond donors (Lipinski definition) is 1. The molecule has 96 valence electrons. The van der Waals surface area contributed by atoms with Gasteiger partial charge >= 0.3 is 0 Å². The fourth-order valence-corrected chi connectivity index (χ4v) is 3.06. The van der Waals surface area contributed by atoms with Gasteiger partial charge in [0.1, 0.15) is 4.66 Å². The Labute approximate surface area is 107 Å². The maximum atomic E-state index is 11.2. The molecule has 0 radical (unpaired) electrons. The van der Waals surface area contributed by atoms with Crippen molar-refractivity contribution in [3.05, 3.63) is 0 Å². The lowest BCUT2D eigenvalue weighted by Crippen LogP contribution is -2.38. The van der Waals surface area contributed by atoms with Gasteiger partial charge in [0.05, 0.1) is 0 Å². The largest absolute Gasteiger partial charge is 0.303 e. The van der Waals surface area contributed by atoms with Gasteiger partial charge in [-0.25, -0.2) is 13.1 Å². The second-order valence-corrected chi connectivity index (χ2v) is 7.65. The molecule has 0 spiro atoms. The molecule has 0 saturated carbocycles. The number of piperidine rings is 1. The van der Waals surface area contributed by atoms with E-state index in [1.807, 2.05) is 0 Å². The molecule has 1 atom stereocenters. The minimum absolute atomic E-state index is 0.0174. The standard InChI is InChI=1S/C10H21BrN2O2S/c1-10(7-12-16(14,15)9-11)8-13-5-3-2-4-6-13/h10,12H,2-9H2,1H3. The molecule has 1 rings (SSSR count).